The van der Waals surface area contributed by atoms with Gasteiger partial charge in [0.2, 0.25) is 0 Å². The zero-order valence-electron chi connectivity index (χ0n) is 11.0. The second-order valence-corrected chi connectivity index (χ2v) is 5.10. The maximum absolute atomic E-state index is 5.77. The zero-order valence-corrected chi connectivity index (χ0v) is 11.0. The number of ether oxygens (including phenoxy) is 2. The van der Waals surface area contributed by atoms with Gasteiger partial charge in [0.05, 0.1) is 6.61 Å². The van der Waals surface area contributed by atoms with Crippen molar-refractivity contribution in [1.29, 1.82) is 0 Å². The summed E-state index contributed by atoms with van der Waals surface area (Å²) in [5, 5.41) is 3.37. The summed E-state index contributed by atoms with van der Waals surface area (Å²) in [5.41, 5.74) is 0. The maximum atomic E-state index is 5.77. The molecule has 2 unspecified atom stereocenters. The van der Waals surface area contributed by atoms with Gasteiger partial charge in [0.25, 0.3) is 0 Å². The van der Waals surface area contributed by atoms with Gasteiger partial charge in [-0.3, -0.25) is 4.90 Å². The van der Waals surface area contributed by atoms with Crippen LogP contribution in [0.4, 0.5) is 0 Å². The smallest absolute Gasteiger partial charge is 0.157 e. The van der Waals surface area contributed by atoms with Crippen molar-refractivity contribution < 1.29 is 9.47 Å². The van der Waals surface area contributed by atoms with E-state index in [1.807, 2.05) is 0 Å². The van der Waals surface area contributed by atoms with Crippen molar-refractivity contribution in [2.75, 3.05) is 39.9 Å². The van der Waals surface area contributed by atoms with Crippen molar-refractivity contribution in [3.05, 3.63) is 0 Å². The fourth-order valence-electron chi connectivity index (χ4n) is 2.65. The van der Waals surface area contributed by atoms with Gasteiger partial charge in [-0.2, -0.15) is 0 Å². The summed E-state index contributed by atoms with van der Waals surface area (Å²) in [5.74, 6) is 0. The van der Waals surface area contributed by atoms with E-state index in [0.29, 0.717) is 6.04 Å². The molecule has 2 atom stereocenters. The molecule has 1 N–H and O–H groups in total. The molecule has 2 fully saturated rings. The molecule has 2 aliphatic rings. The highest BCUT2D eigenvalue weighted by Crippen LogP contribution is 2.14. The molecule has 2 heterocycles. The number of rotatable bonds is 5. The third-order valence-electron chi connectivity index (χ3n) is 3.76. The summed E-state index contributed by atoms with van der Waals surface area (Å²) >= 11 is 0. The van der Waals surface area contributed by atoms with Gasteiger partial charge in [-0.05, 0) is 45.7 Å². The van der Waals surface area contributed by atoms with Crippen LogP contribution in [0, 0.1) is 0 Å². The molecule has 2 aliphatic heterocycles. The molecule has 0 spiro atoms. The largest absolute Gasteiger partial charge is 0.353 e. The average Bonchev–Trinajstić information content (AvgIpc) is 2.40. The van der Waals surface area contributed by atoms with Crippen molar-refractivity contribution in [3.8, 4) is 0 Å². The Bertz CT molecular complexity index is 208. The minimum Gasteiger partial charge on any atom is -0.353 e. The number of likely N-dealkylation sites (tertiary alicyclic amines) is 1. The molecule has 2 saturated heterocycles. The predicted octanol–water partition coefficient (Wildman–Crippen LogP) is 1.21. The van der Waals surface area contributed by atoms with Crippen LogP contribution in [-0.2, 0) is 9.47 Å². The summed E-state index contributed by atoms with van der Waals surface area (Å²) in [4.78, 5) is 2.49. The number of nitrogens with one attached hydrogen (secondary N) is 1. The van der Waals surface area contributed by atoms with Crippen LogP contribution in [0.2, 0.25) is 0 Å². The lowest BCUT2D eigenvalue weighted by Crippen LogP contribution is -2.45. The molecule has 0 bridgehead atoms. The minimum absolute atomic E-state index is 0.0636. The first kappa shape index (κ1) is 13.3. The maximum Gasteiger partial charge on any atom is 0.157 e. The highest BCUT2D eigenvalue weighted by molar-refractivity contribution is 4.76. The number of piperidine rings is 1. The first-order valence-electron chi connectivity index (χ1n) is 7.01. The van der Waals surface area contributed by atoms with E-state index in [-0.39, 0.29) is 6.29 Å². The van der Waals surface area contributed by atoms with Gasteiger partial charge in [-0.1, -0.05) is 0 Å². The van der Waals surface area contributed by atoms with E-state index >= 15 is 0 Å². The van der Waals surface area contributed by atoms with Gasteiger partial charge in [0, 0.05) is 25.7 Å². The second kappa shape index (κ2) is 7.31. The molecule has 0 aromatic rings. The highest BCUT2D eigenvalue weighted by atomic mass is 16.7. The number of hydrogen-bond donors (Lipinski definition) is 1. The van der Waals surface area contributed by atoms with Crippen LogP contribution < -0.4 is 5.32 Å². The van der Waals surface area contributed by atoms with Crippen LogP contribution in [0.5, 0.6) is 0 Å². The number of nitrogens with zero attached hydrogens (tertiary/aromatic N) is 1. The third-order valence-corrected chi connectivity index (χ3v) is 3.76. The van der Waals surface area contributed by atoms with Crippen LogP contribution in [0.1, 0.15) is 32.1 Å². The van der Waals surface area contributed by atoms with E-state index in [4.69, 9.17) is 9.47 Å². The Morgan fingerprint density at radius 1 is 1.29 bits per heavy atom. The van der Waals surface area contributed by atoms with Crippen molar-refractivity contribution in [2.24, 2.45) is 0 Å². The zero-order chi connectivity index (χ0) is 11.9. The quantitative estimate of drug-likeness (QED) is 0.786. The highest BCUT2D eigenvalue weighted by Gasteiger charge is 2.19. The fourth-order valence-corrected chi connectivity index (χ4v) is 2.65. The van der Waals surface area contributed by atoms with Gasteiger partial charge in [-0.25, -0.2) is 0 Å². The summed E-state index contributed by atoms with van der Waals surface area (Å²) in [6.45, 7) is 5.09. The number of likely N-dealkylation sites (N-methyl/N-ethyl adjacent to an activating group) is 1. The lowest BCUT2D eigenvalue weighted by molar-refractivity contribution is -0.164. The Hall–Kier alpha value is -0.160. The molecular formula is C13H26N2O2. The predicted molar refractivity (Wildman–Crippen MR) is 68.1 cm³/mol. The molecule has 0 aromatic carbocycles. The molecule has 100 valence electrons. The van der Waals surface area contributed by atoms with Crippen LogP contribution in [0.25, 0.3) is 0 Å². The van der Waals surface area contributed by atoms with Crippen molar-refractivity contribution in [3.63, 3.8) is 0 Å². The van der Waals surface area contributed by atoms with Gasteiger partial charge < -0.3 is 14.8 Å². The van der Waals surface area contributed by atoms with Crippen LogP contribution in [-0.4, -0.2) is 57.1 Å². The topological polar surface area (TPSA) is 33.7 Å². The molecule has 0 radical (unpaired) electrons. The van der Waals surface area contributed by atoms with E-state index < -0.39 is 0 Å². The van der Waals surface area contributed by atoms with Crippen molar-refractivity contribution in [2.45, 2.75) is 44.4 Å². The van der Waals surface area contributed by atoms with E-state index in [0.717, 1.165) is 32.7 Å². The summed E-state index contributed by atoms with van der Waals surface area (Å²) < 4.78 is 11.3. The average molecular weight is 242 g/mol. The normalized spacial score (nSPS) is 31.6. The lowest BCUT2D eigenvalue weighted by atomic mass is 10.1. The standard InChI is InChI=1S/C13H26N2O2/c1-14-12-5-4-7-15(11-12)8-10-17-13-6-2-3-9-16-13/h12-14H,2-11H2,1H3. The van der Waals surface area contributed by atoms with E-state index in [1.165, 1.54) is 32.2 Å². The SMILES string of the molecule is CNC1CCCN(CCOC2CCCCO2)C1. The Labute approximate surface area is 105 Å². The summed E-state index contributed by atoms with van der Waals surface area (Å²) in [6.07, 6.45) is 6.17. The molecule has 17 heavy (non-hydrogen) atoms. The molecule has 4 nitrogen and oxygen atoms in total. The molecule has 4 heteroatoms. The first-order valence-corrected chi connectivity index (χ1v) is 7.01. The van der Waals surface area contributed by atoms with Crippen LogP contribution in [0.15, 0.2) is 0 Å². The van der Waals surface area contributed by atoms with Crippen LogP contribution >= 0.6 is 0 Å². The third kappa shape index (κ3) is 4.54. The molecule has 0 aliphatic carbocycles. The van der Waals surface area contributed by atoms with Crippen molar-refractivity contribution >= 4 is 0 Å². The Balaban J connectivity index is 1.57. The lowest BCUT2D eigenvalue weighted by Gasteiger charge is -2.33. The first-order chi connectivity index (χ1) is 8.38. The molecule has 0 saturated carbocycles. The van der Waals surface area contributed by atoms with Crippen molar-refractivity contribution in [1.82, 2.24) is 10.2 Å². The van der Waals surface area contributed by atoms with E-state index in [2.05, 4.69) is 17.3 Å². The molecule has 0 amide bonds. The Kier molecular flexibility index (Phi) is 5.71. The molecule has 0 aromatic heterocycles. The van der Waals surface area contributed by atoms with Gasteiger partial charge in [0.1, 0.15) is 0 Å². The van der Waals surface area contributed by atoms with Gasteiger partial charge in [-0.15, -0.1) is 0 Å². The Morgan fingerprint density at radius 3 is 3.00 bits per heavy atom. The minimum atomic E-state index is 0.0636. The summed E-state index contributed by atoms with van der Waals surface area (Å²) in [6, 6.07) is 0.662. The van der Waals surface area contributed by atoms with Gasteiger partial charge in [0.15, 0.2) is 6.29 Å². The monoisotopic (exact) mass is 242 g/mol. The molecular weight excluding hydrogens is 216 g/mol. The van der Waals surface area contributed by atoms with Gasteiger partial charge >= 0.3 is 0 Å². The van der Waals surface area contributed by atoms with Crippen LogP contribution in [0.3, 0.4) is 0 Å². The van der Waals surface area contributed by atoms with E-state index in [9.17, 15) is 0 Å². The Morgan fingerprint density at radius 2 is 2.24 bits per heavy atom. The molecule has 2 rings (SSSR count). The second-order valence-electron chi connectivity index (χ2n) is 5.10. The number of hydrogen-bond acceptors (Lipinski definition) is 4. The fraction of sp³-hybridized carbons (Fsp3) is 1.00. The summed E-state index contributed by atoms with van der Waals surface area (Å²) in [7, 11) is 2.06. The van der Waals surface area contributed by atoms with E-state index in [1.54, 1.807) is 0 Å².